The lowest BCUT2D eigenvalue weighted by atomic mass is 9.32. The number of rotatable bonds is 9. The maximum absolute atomic E-state index is 14.4. The summed E-state index contributed by atoms with van der Waals surface area (Å²) in [5, 5.41) is 23.9. The number of allylic oxidation sites excluding steroid dienone is 1. The number of aliphatic carboxylic acids is 1. The van der Waals surface area contributed by atoms with E-state index in [0.717, 1.165) is 64.2 Å². The minimum absolute atomic E-state index is 0.0464. The third-order valence-corrected chi connectivity index (χ3v) is 16.7. The van der Waals surface area contributed by atoms with Crippen LogP contribution in [0.3, 0.4) is 0 Å². The molecule has 7 heteroatoms. The molecule has 1 heterocycles. The van der Waals surface area contributed by atoms with E-state index in [1.54, 1.807) is 4.90 Å². The highest BCUT2D eigenvalue weighted by Gasteiger charge is 2.71. The summed E-state index contributed by atoms with van der Waals surface area (Å²) in [6.07, 6.45) is 14.8. The van der Waals surface area contributed by atoms with Crippen molar-refractivity contribution in [1.29, 1.82) is 0 Å². The van der Waals surface area contributed by atoms with Gasteiger partial charge in [-0.1, -0.05) is 53.2 Å². The molecule has 5 saturated carbocycles. The number of likely N-dealkylation sites (tertiary alicyclic amines) is 1. The van der Waals surface area contributed by atoms with E-state index in [1.165, 1.54) is 31.3 Å². The topological polar surface area (TPSA) is 107 Å². The summed E-state index contributed by atoms with van der Waals surface area (Å²) >= 11 is 0. The number of carbonyl (C=O) groups is 3. The zero-order valence-corrected chi connectivity index (χ0v) is 31.0. The van der Waals surface area contributed by atoms with Crippen molar-refractivity contribution >= 4 is 17.8 Å². The second-order valence-corrected chi connectivity index (χ2v) is 18.9. The summed E-state index contributed by atoms with van der Waals surface area (Å²) in [4.78, 5) is 40.1. The molecular formula is C41H66N2O5. The maximum Gasteiger partial charge on any atom is 0.326 e. The highest BCUT2D eigenvalue weighted by molar-refractivity contribution is 5.84. The quantitative estimate of drug-likeness (QED) is 0.172. The van der Waals surface area contributed by atoms with Gasteiger partial charge in [0, 0.05) is 19.5 Å². The Bertz CT molecular complexity index is 1300. The first-order valence-electron chi connectivity index (χ1n) is 19.7. The molecule has 6 aliphatic rings. The zero-order chi connectivity index (χ0) is 34.9. The Labute approximate surface area is 290 Å². The maximum atomic E-state index is 14.4. The SMILES string of the molecule is C=C(C)[C@@H]1CC[C@]2(C(=O)NCCCCCC(=O)N3CCCC3C(=O)O)CC[C@]3(C)C(CC[C@@H]4[C@@]5(C)CC[C@H](O)C(C)(C)[C@@H]5CC[C@]43C)C12. The number of hydrogen-bond donors (Lipinski definition) is 3. The molecule has 0 aromatic rings. The van der Waals surface area contributed by atoms with Crippen LogP contribution in [0.2, 0.25) is 0 Å². The molecule has 270 valence electrons. The van der Waals surface area contributed by atoms with Gasteiger partial charge in [0.25, 0.3) is 0 Å². The van der Waals surface area contributed by atoms with Gasteiger partial charge in [0.2, 0.25) is 11.8 Å². The number of amides is 2. The summed E-state index contributed by atoms with van der Waals surface area (Å²) in [6.45, 7) is 20.4. The Morgan fingerprint density at radius 3 is 2.29 bits per heavy atom. The lowest BCUT2D eigenvalue weighted by Crippen LogP contribution is -2.67. The van der Waals surface area contributed by atoms with Crippen molar-refractivity contribution in [3.8, 4) is 0 Å². The molecule has 3 unspecified atom stereocenters. The van der Waals surface area contributed by atoms with Crippen molar-refractivity contribution in [2.45, 2.75) is 156 Å². The minimum Gasteiger partial charge on any atom is -0.480 e. The second-order valence-electron chi connectivity index (χ2n) is 18.9. The van der Waals surface area contributed by atoms with Gasteiger partial charge in [-0.2, -0.15) is 0 Å². The molecule has 0 spiro atoms. The van der Waals surface area contributed by atoms with E-state index in [1.807, 2.05) is 0 Å². The van der Waals surface area contributed by atoms with Gasteiger partial charge in [-0.15, -0.1) is 0 Å². The number of unbranched alkanes of at least 4 members (excludes halogenated alkanes) is 2. The van der Waals surface area contributed by atoms with E-state index in [-0.39, 0.29) is 45.0 Å². The third kappa shape index (κ3) is 5.32. The van der Waals surface area contributed by atoms with Crippen molar-refractivity contribution in [3.05, 3.63) is 12.2 Å². The van der Waals surface area contributed by atoms with Crippen LogP contribution in [0.25, 0.3) is 0 Å². The van der Waals surface area contributed by atoms with E-state index >= 15 is 0 Å². The van der Waals surface area contributed by atoms with Crippen LogP contribution in [-0.2, 0) is 14.4 Å². The fourth-order valence-electron chi connectivity index (χ4n) is 13.9. The number of nitrogens with zero attached hydrogens (tertiary/aromatic N) is 1. The second kappa shape index (κ2) is 12.7. The zero-order valence-electron chi connectivity index (χ0n) is 31.0. The molecular weight excluding hydrogens is 600 g/mol. The van der Waals surface area contributed by atoms with Crippen LogP contribution >= 0.6 is 0 Å². The van der Waals surface area contributed by atoms with Crippen molar-refractivity contribution in [2.75, 3.05) is 13.1 Å². The van der Waals surface area contributed by atoms with Gasteiger partial charge in [-0.05, 0) is 148 Å². The van der Waals surface area contributed by atoms with Crippen LogP contribution in [0.15, 0.2) is 12.2 Å². The van der Waals surface area contributed by atoms with Gasteiger partial charge in [-0.3, -0.25) is 9.59 Å². The number of nitrogens with one attached hydrogen (secondary N) is 1. The Morgan fingerprint density at radius 2 is 1.58 bits per heavy atom. The average Bonchev–Trinajstić information content (AvgIpc) is 3.68. The van der Waals surface area contributed by atoms with Crippen LogP contribution in [0.4, 0.5) is 0 Å². The first kappa shape index (κ1) is 35.9. The summed E-state index contributed by atoms with van der Waals surface area (Å²) in [5.74, 6) is 1.73. The average molecular weight is 667 g/mol. The Balaban J connectivity index is 1.13. The van der Waals surface area contributed by atoms with Crippen LogP contribution in [-0.4, -0.2) is 58.1 Å². The highest BCUT2D eigenvalue weighted by Crippen LogP contribution is 2.77. The standard InChI is InChI=1S/C41H66N2O5/c1-26(2)27-16-21-41(36(48)42-24-10-8-9-13-33(45)43-25-11-12-29(43)35(46)47)23-22-39(6)28(34(27)41)14-15-31-38(5)19-18-32(44)37(3,4)30(38)17-20-40(31,39)7/h27-32,34,44H,1,8-25H2,2-7H3,(H,42,48)(H,46,47)/t27-,28?,29?,30-,31+,32-,34?,38-,39+,40+,41-/m0/s1. The lowest BCUT2D eigenvalue weighted by molar-refractivity contribution is -0.246. The summed E-state index contributed by atoms with van der Waals surface area (Å²) in [5.41, 5.74) is 1.52. The van der Waals surface area contributed by atoms with Crippen LogP contribution in [0, 0.1) is 56.7 Å². The fourth-order valence-corrected chi connectivity index (χ4v) is 13.9. The molecule has 2 amide bonds. The summed E-state index contributed by atoms with van der Waals surface area (Å²) in [7, 11) is 0. The van der Waals surface area contributed by atoms with Crippen LogP contribution in [0.5, 0.6) is 0 Å². The van der Waals surface area contributed by atoms with Crippen molar-refractivity contribution in [1.82, 2.24) is 10.2 Å². The normalized spacial score (nSPS) is 44.6. The number of fused-ring (bicyclic) bond motifs is 7. The Kier molecular flexibility index (Phi) is 9.51. The molecule has 5 aliphatic carbocycles. The van der Waals surface area contributed by atoms with Crippen molar-refractivity contribution < 1.29 is 24.6 Å². The van der Waals surface area contributed by atoms with Crippen LogP contribution in [0.1, 0.15) is 144 Å². The van der Waals surface area contributed by atoms with Crippen molar-refractivity contribution in [3.63, 3.8) is 0 Å². The molecule has 7 nitrogen and oxygen atoms in total. The molecule has 0 aromatic carbocycles. The summed E-state index contributed by atoms with van der Waals surface area (Å²) < 4.78 is 0. The van der Waals surface area contributed by atoms with Gasteiger partial charge >= 0.3 is 5.97 Å². The molecule has 3 N–H and O–H groups in total. The first-order valence-corrected chi connectivity index (χ1v) is 19.7. The van der Waals surface area contributed by atoms with Gasteiger partial charge in [-0.25, -0.2) is 4.79 Å². The van der Waals surface area contributed by atoms with E-state index in [9.17, 15) is 24.6 Å². The minimum atomic E-state index is -0.900. The van der Waals surface area contributed by atoms with E-state index in [2.05, 4.69) is 53.4 Å². The van der Waals surface area contributed by atoms with Gasteiger partial charge in [0.05, 0.1) is 11.5 Å². The molecule has 0 aromatic heterocycles. The number of aliphatic hydroxyl groups excluding tert-OH is 1. The van der Waals surface area contributed by atoms with E-state index < -0.39 is 12.0 Å². The molecule has 48 heavy (non-hydrogen) atoms. The van der Waals surface area contributed by atoms with Gasteiger partial charge < -0.3 is 20.4 Å². The fraction of sp³-hybridized carbons (Fsp3) is 0.878. The molecule has 11 atom stereocenters. The largest absolute Gasteiger partial charge is 0.480 e. The Hall–Kier alpha value is -1.89. The number of carboxylic acids is 1. The predicted molar refractivity (Wildman–Crippen MR) is 189 cm³/mol. The number of carboxylic acid groups (broad SMARTS) is 1. The smallest absolute Gasteiger partial charge is 0.326 e. The Morgan fingerprint density at radius 1 is 0.833 bits per heavy atom. The van der Waals surface area contributed by atoms with E-state index in [0.29, 0.717) is 55.5 Å². The molecule has 1 saturated heterocycles. The molecule has 6 fully saturated rings. The highest BCUT2D eigenvalue weighted by atomic mass is 16.4. The lowest BCUT2D eigenvalue weighted by Gasteiger charge is -2.72. The first-order chi connectivity index (χ1) is 22.5. The number of hydrogen-bond acceptors (Lipinski definition) is 4. The molecule has 1 aliphatic heterocycles. The van der Waals surface area contributed by atoms with E-state index in [4.69, 9.17) is 0 Å². The van der Waals surface area contributed by atoms with Gasteiger partial charge in [0.1, 0.15) is 6.04 Å². The van der Waals surface area contributed by atoms with Crippen molar-refractivity contribution in [2.24, 2.45) is 56.7 Å². The summed E-state index contributed by atoms with van der Waals surface area (Å²) in [6, 6.07) is -0.667. The number of carbonyl (C=O) groups excluding carboxylic acids is 2. The predicted octanol–water partition coefficient (Wildman–Crippen LogP) is 7.76. The third-order valence-electron chi connectivity index (χ3n) is 16.7. The number of aliphatic hydroxyl groups is 1. The van der Waals surface area contributed by atoms with Crippen LogP contribution < -0.4 is 5.32 Å². The monoisotopic (exact) mass is 666 g/mol. The van der Waals surface area contributed by atoms with Gasteiger partial charge in [0.15, 0.2) is 0 Å². The molecule has 0 radical (unpaired) electrons. The molecule has 0 bridgehead atoms. The molecule has 6 rings (SSSR count).